The lowest BCUT2D eigenvalue weighted by Gasteiger charge is -2.30. The van der Waals surface area contributed by atoms with Crippen LogP contribution in [0, 0.1) is 11.8 Å². The molecule has 0 aliphatic carbocycles. The number of rotatable bonds is 32. The van der Waals surface area contributed by atoms with Gasteiger partial charge < -0.3 is 69.9 Å². The van der Waals surface area contributed by atoms with Crippen molar-refractivity contribution < 1.29 is 63.0 Å². The van der Waals surface area contributed by atoms with Crippen LogP contribution < -0.4 is 54.8 Å². The first-order valence-electron chi connectivity index (χ1n) is 23.6. The van der Waals surface area contributed by atoms with Crippen LogP contribution in [0.3, 0.4) is 0 Å². The molecular formula is C46H73N11O13. The number of amides is 9. The summed E-state index contributed by atoms with van der Waals surface area (Å²) in [6.45, 7) is 7.54. The first kappa shape index (κ1) is 59.4. The van der Waals surface area contributed by atoms with Crippen LogP contribution in [0.2, 0.25) is 0 Å². The quantitative estimate of drug-likeness (QED) is 0.0340. The monoisotopic (exact) mass is 988 g/mol. The van der Waals surface area contributed by atoms with Gasteiger partial charge >= 0.3 is 11.9 Å². The number of carbonyl (C=O) groups is 11. The molecule has 70 heavy (non-hydrogen) atoms. The predicted octanol–water partition coefficient (Wildman–Crippen LogP) is -2.23. The molecule has 390 valence electrons. The number of benzene rings is 1. The molecule has 1 aromatic rings. The lowest BCUT2D eigenvalue weighted by molar-refractivity contribution is -0.143. The van der Waals surface area contributed by atoms with Crippen LogP contribution in [0.1, 0.15) is 110 Å². The van der Waals surface area contributed by atoms with Gasteiger partial charge in [-0.05, 0) is 81.7 Å². The fourth-order valence-corrected chi connectivity index (χ4v) is 7.73. The molecule has 9 amide bonds. The molecule has 0 aromatic heterocycles. The van der Waals surface area contributed by atoms with E-state index < -0.39 is 120 Å². The Hall–Kier alpha value is -6.69. The molecule has 0 saturated carbocycles. The molecule has 1 aliphatic rings. The molecule has 0 spiro atoms. The van der Waals surface area contributed by atoms with E-state index in [1.165, 1.54) is 4.90 Å². The van der Waals surface area contributed by atoms with Crippen molar-refractivity contribution >= 4 is 65.1 Å². The third-order valence-electron chi connectivity index (χ3n) is 11.3. The fraction of sp³-hybridized carbons (Fsp3) is 0.630. The highest BCUT2D eigenvalue weighted by Crippen LogP contribution is 2.20. The summed E-state index contributed by atoms with van der Waals surface area (Å²) in [5.41, 5.74) is 23.0. The maximum atomic E-state index is 14.1. The number of carboxylic acid groups (broad SMARTS) is 2. The molecule has 1 saturated heterocycles. The highest BCUT2D eigenvalue weighted by atomic mass is 16.4. The van der Waals surface area contributed by atoms with Gasteiger partial charge in [-0.15, -0.1) is 0 Å². The van der Waals surface area contributed by atoms with E-state index in [0.717, 1.165) is 0 Å². The first-order valence-corrected chi connectivity index (χ1v) is 23.6. The normalized spacial score (nSPS) is 16.3. The average Bonchev–Trinajstić information content (AvgIpc) is 3.78. The second kappa shape index (κ2) is 30.0. The number of carboxylic acids is 2. The van der Waals surface area contributed by atoms with Gasteiger partial charge in [0, 0.05) is 25.8 Å². The molecule has 8 atom stereocenters. The van der Waals surface area contributed by atoms with E-state index in [1.807, 2.05) is 0 Å². The Balaban J connectivity index is 2.37. The van der Waals surface area contributed by atoms with Crippen LogP contribution in [-0.2, 0) is 59.2 Å². The molecule has 1 heterocycles. The van der Waals surface area contributed by atoms with Gasteiger partial charge in [-0.25, -0.2) is 4.79 Å². The summed E-state index contributed by atoms with van der Waals surface area (Å²) in [7, 11) is 0. The second-order valence-corrected chi connectivity index (χ2v) is 18.3. The van der Waals surface area contributed by atoms with Crippen LogP contribution in [0.15, 0.2) is 30.3 Å². The van der Waals surface area contributed by atoms with Crippen molar-refractivity contribution in [2.45, 2.75) is 160 Å². The molecule has 1 aromatic carbocycles. The van der Waals surface area contributed by atoms with Crippen molar-refractivity contribution in [1.82, 2.24) is 36.8 Å². The van der Waals surface area contributed by atoms with Crippen LogP contribution in [0.25, 0.3) is 0 Å². The lowest BCUT2D eigenvalue weighted by Crippen LogP contribution is -2.60. The minimum atomic E-state index is -1.69. The SMILES string of the molecule is CC(C)C[C@H](NC(=O)[C@H](CC(C)C)NC(=O)[C@@H]1CCCN1C(=O)[C@@H](N)CCC(=O)O)C(=O)N[C@@H](CC(N)=O)C(=O)N[C@@H](CCCCN)C(=O)N[C@@H](Cc1ccccc1)C(=O)N[C@@H](CCC(N)=O)C(=O)O. The molecule has 0 bridgehead atoms. The molecule has 2 rings (SSSR count). The van der Waals surface area contributed by atoms with Gasteiger partial charge in [0.05, 0.1) is 12.5 Å². The Morgan fingerprint density at radius 3 is 1.69 bits per heavy atom. The van der Waals surface area contributed by atoms with E-state index in [0.29, 0.717) is 18.4 Å². The minimum Gasteiger partial charge on any atom is -0.481 e. The third-order valence-corrected chi connectivity index (χ3v) is 11.3. The summed E-state index contributed by atoms with van der Waals surface area (Å²) in [5, 5.41) is 34.1. The Morgan fingerprint density at radius 1 is 0.629 bits per heavy atom. The zero-order valence-corrected chi connectivity index (χ0v) is 40.4. The van der Waals surface area contributed by atoms with Gasteiger partial charge in [0.1, 0.15) is 42.3 Å². The molecule has 24 nitrogen and oxygen atoms in total. The molecular weight excluding hydrogens is 915 g/mol. The summed E-state index contributed by atoms with van der Waals surface area (Å²) >= 11 is 0. The first-order chi connectivity index (χ1) is 32.9. The van der Waals surface area contributed by atoms with Crippen molar-refractivity contribution in [1.29, 1.82) is 0 Å². The number of unbranched alkanes of at least 4 members (excludes halogenated alkanes) is 1. The second-order valence-electron chi connectivity index (χ2n) is 18.3. The Bertz CT molecular complexity index is 1990. The van der Waals surface area contributed by atoms with Crippen molar-refractivity contribution in [3.8, 4) is 0 Å². The van der Waals surface area contributed by atoms with E-state index in [4.69, 9.17) is 28.0 Å². The number of nitrogens with two attached hydrogens (primary N) is 4. The van der Waals surface area contributed by atoms with Crippen LogP contribution in [0.4, 0.5) is 0 Å². The zero-order chi connectivity index (χ0) is 52.7. The smallest absolute Gasteiger partial charge is 0.326 e. The van der Waals surface area contributed by atoms with Crippen molar-refractivity contribution in [3.05, 3.63) is 35.9 Å². The summed E-state index contributed by atoms with van der Waals surface area (Å²) in [5.74, 6) is -10.5. The number of carbonyl (C=O) groups excluding carboxylic acids is 9. The number of aliphatic carboxylic acids is 2. The summed E-state index contributed by atoms with van der Waals surface area (Å²) in [4.78, 5) is 145. The van der Waals surface area contributed by atoms with Gasteiger partial charge in [-0.1, -0.05) is 58.0 Å². The summed E-state index contributed by atoms with van der Waals surface area (Å²) < 4.78 is 0. The van der Waals surface area contributed by atoms with E-state index in [-0.39, 0.29) is 89.1 Å². The molecule has 24 heteroatoms. The molecule has 0 unspecified atom stereocenters. The number of hydrogen-bond donors (Lipinski definition) is 12. The van der Waals surface area contributed by atoms with E-state index in [1.54, 1.807) is 58.0 Å². The molecule has 1 fully saturated rings. The van der Waals surface area contributed by atoms with E-state index in [9.17, 15) is 57.8 Å². The Labute approximate surface area is 407 Å². The van der Waals surface area contributed by atoms with Crippen LogP contribution in [-0.4, -0.2) is 142 Å². The topological polar surface area (TPSA) is 408 Å². The van der Waals surface area contributed by atoms with Crippen LogP contribution >= 0.6 is 0 Å². The average molecular weight is 988 g/mol. The zero-order valence-electron chi connectivity index (χ0n) is 40.4. The Kier molecular flexibility index (Phi) is 25.5. The number of nitrogens with zero attached hydrogens (tertiary/aromatic N) is 1. The van der Waals surface area contributed by atoms with Crippen LogP contribution in [0.5, 0.6) is 0 Å². The standard InChI is InChI=1S/C46H73N11O13/c1-25(2)21-31(53-41(64)32(22-26(3)4)56-44(67)35-14-10-20-57(35)45(68)28(48)15-18-38(60)61)40(63)55-34(24-37(50)59)43(66)51-29(13-8-9-19-47)39(62)54-33(23-27-11-6-5-7-12-27)42(65)52-30(46(69)70)16-17-36(49)58/h5-7,11-12,25-26,28-35H,8-10,13-24,47-48H2,1-4H3,(H2,49,58)(H2,50,59)(H,51,66)(H,52,65)(H,53,64)(H,54,62)(H,55,63)(H,56,67)(H,60,61)(H,69,70)/t28-,29-,30-,31-,32-,33-,34-,35-/m0/s1. The molecule has 16 N–H and O–H groups in total. The maximum absolute atomic E-state index is 14.1. The number of primary amides is 2. The number of likely N-dealkylation sites (tertiary alicyclic amines) is 1. The van der Waals surface area contributed by atoms with E-state index >= 15 is 0 Å². The van der Waals surface area contributed by atoms with E-state index in [2.05, 4.69) is 31.9 Å². The lowest BCUT2D eigenvalue weighted by atomic mass is 9.99. The minimum absolute atomic E-state index is 0.0181. The highest BCUT2D eigenvalue weighted by Gasteiger charge is 2.39. The largest absolute Gasteiger partial charge is 0.481 e. The van der Waals surface area contributed by atoms with Crippen molar-refractivity contribution in [3.63, 3.8) is 0 Å². The number of hydrogen-bond acceptors (Lipinski definition) is 13. The summed E-state index contributed by atoms with van der Waals surface area (Å²) in [6.07, 6.45) is -0.557. The Morgan fingerprint density at radius 2 is 1.14 bits per heavy atom. The molecule has 1 aliphatic heterocycles. The van der Waals surface area contributed by atoms with Gasteiger partial charge in [0.2, 0.25) is 53.2 Å². The van der Waals surface area contributed by atoms with Gasteiger partial charge in [0.25, 0.3) is 0 Å². The summed E-state index contributed by atoms with van der Waals surface area (Å²) in [6, 6.07) is -2.31. The predicted molar refractivity (Wildman–Crippen MR) is 253 cm³/mol. The highest BCUT2D eigenvalue weighted by molar-refractivity contribution is 5.99. The van der Waals surface area contributed by atoms with Gasteiger partial charge in [0.15, 0.2) is 0 Å². The molecule has 0 radical (unpaired) electrons. The fourth-order valence-electron chi connectivity index (χ4n) is 7.73. The van der Waals surface area contributed by atoms with Gasteiger partial charge in [-0.3, -0.25) is 47.9 Å². The van der Waals surface area contributed by atoms with Gasteiger partial charge in [-0.2, -0.15) is 0 Å². The third kappa shape index (κ3) is 21.3. The van der Waals surface area contributed by atoms with Crippen molar-refractivity contribution in [2.75, 3.05) is 13.1 Å². The maximum Gasteiger partial charge on any atom is 0.326 e. The number of nitrogens with one attached hydrogen (secondary N) is 6. The van der Waals surface area contributed by atoms with Crippen molar-refractivity contribution in [2.24, 2.45) is 34.8 Å².